The predicted octanol–water partition coefficient (Wildman–Crippen LogP) is 4.24. The number of benzene rings is 2. The second-order valence-corrected chi connectivity index (χ2v) is 8.08. The van der Waals surface area contributed by atoms with Crippen LogP contribution in [-0.4, -0.2) is 52.0 Å². The molecule has 5 rings (SSSR count). The van der Waals surface area contributed by atoms with E-state index in [-0.39, 0.29) is 23.6 Å². The van der Waals surface area contributed by atoms with Crippen LogP contribution in [0.15, 0.2) is 54.6 Å². The van der Waals surface area contributed by atoms with E-state index in [4.69, 9.17) is 9.84 Å². The third-order valence-corrected chi connectivity index (χ3v) is 6.35. The number of amides is 1. The molecule has 2 heterocycles. The van der Waals surface area contributed by atoms with E-state index in [1.165, 1.54) is 22.3 Å². The van der Waals surface area contributed by atoms with Crippen LogP contribution in [0, 0.1) is 0 Å². The summed E-state index contributed by atoms with van der Waals surface area (Å²) < 4.78 is 5.74. The number of fused-ring (bicyclic) bond motifs is 3. The number of carboxylic acid groups (broad SMARTS) is 1. The molecule has 1 amide bonds. The summed E-state index contributed by atoms with van der Waals surface area (Å²) in [5.41, 5.74) is 5.64. The average Bonchev–Trinajstić information content (AvgIpc) is 3.42. The van der Waals surface area contributed by atoms with Gasteiger partial charge in [-0.05, 0) is 41.2 Å². The number of ether oxygens (including phenoxy) is 1. The van der Waals surface area contributed by atoms with Gasteiger partial charge < -0.3 is 14.7 Å². The lowest BCUT2D eigenvalue weighted by Gasteiger charge is -2.31. The molecule has 0 atom stereocenters. The Kier molecular flexibility index (Phi) is 4.94. The van der Waals surface area contributed by atoms with Crippen molar-refractivity contribution >= 4 is 12.1 Å². The molecule has 0 bridgehead atoms. The summed E-state index contributed by atoms with van der Waals surface area (Å²) in [7, 11) is 0. The summed E-state index contributed by atoms with van der Waals surface area (Å²) in [5.74, 6) is -0.829. The molecule has 0 radical (unpaired) electrons. The minimum atomic E-state index is -1.04. The van der Waals surface area contributed by atoms with Crippen LogP contribution in [0.1, 0.15) is 52.0 Å². The van der Waals surface area contributed by atoms with Crippen molar-refractivity contribution in [2.45, 2.75) is 24.7 Å². The maximum absolute atomic E-state index is 12.7. The van der Waals surface area contributed by atoms with Crippen LogP contribution in [0.5, 0.6) is 0 Å². The minimum Gasteiger partial charge on any atom is -0.476 e. The van der Waals surface area contributed by atoms with Crippen LogP contribution in [0.25, 0.3) is 11.1 Å². The van der Waals surface area contributed by atoms with E-state index in [2.05, 4.69) is 34.5 Å². The van der Waals surface area contributed by atoms with Crippen molar-refractivity contribution in [2.75, 3.05) is 19.7 Å². The zero-order valence-corrected chi connectivity index (χ0v) is 17.0. The Bertz CT molecular complexity index is 1090. The number of aromatic nitrogens is 2. The molecule has 2 aliphatic rings. The van der Waals surface area contributed by atoms with Gasteiger partial charge in [0.2, 0.25) is 0 Å². The maximum atomic E-state index is 12.7. The minimum absolute atomic E-state index is 0.0222. The summed E-state index contributed by atoms with van der Waals surface area (Å²) >= 11 is 0. The molecule has 7 heteroatoms. The molecule has 0 saturated carbocycles. The van der Waals surface area contributed by atoms with Crippen molar-refractivity contribution in [1.82, 2.24) is 15.1 Å². The molecule has 2 N–H and O–H groups in total. The Morgan fingerprint density at radius 3 is 2.23 bits per heavy atom. The molecule has 0 spiro atoms. The van der Waals surface area contributed by atoms with Crippen LogP contribution in [0.2, 0.25) is 0 Å². The number of carboxylic acids is 1. The lowest BCUT2D eigenvalue weighted by molar-refractivity contribution is 0.0690. The maximum Gasteiger partial charge on any atom is 0.409 e. The molecule has 1 fully saturated rings. The standard InChI is InChI=1S/C24H23N3O4/c28-23(29)22-13-21(25-26-22)15-9-11-27(12-10-15)24(30)31-14-20-18-7-3-1-5-16(18)17-6-2-4-8-19(17)20/h1-8,13,15,20H,9-12,14H2,(H,25,26)(H,28,29). The van der Waals surface area contributed by atoms with Gasteiger partial charge in [0, 0.05) is 30.6 Å². The fourth-order valence-electron chi connectivity index (χ4n) is 4.71. The van der Waals surface area contributed by atoms with E-state index in [1.54, 1.807) is 11.0 Å². The fraction of sp³-hybridized carbons (Fsp3) is 0.292. The van der Waals surface area contributed by atoms with E-state index >= 15 is 0 Å². The van der Waals surface area contributed by atoms with E-state index in [0.29, 0.717) is 19.7 Å². The molecule has 7 nitrogen and oxygen atoms in total. The first-order valence-electron chi connectivity index (χ1n) is 10.5. The molecule has 3 aromatic rings. The summed E-state index contributed by atoms with van der Waals surface area (Å²) in [4.78, 5) is 25.5. The number of aromatic amines is 1. The predicted molar refractivity (Wildman–Crippen MR) is 114 cm³/mol. The second kappa shape index (κ2) is 7.91. The average molecular weight is 417 g/mol. The van der Waals surface area contributed by atoms with Crippen LogP contribution in [-0.2, 0) is 4.74 Å². The highest BCUT2D eigenvalue weighted by atomic mass is 16.6. The molecular formula is C24H23N3O4. The van der Waals surface area contributed by atoms with Gasteiger partial charge in [0.05, 0.1) is 0 Å². The highest BCUT2D eigenvalue weighted by Crippen LogP contribution is 2.44. The lowest BCUT2D eigenvalue weighted by Crippen LogP contribution is -2.38. The van der Waals surface area contributed by atoms with Gasteiger partial charge in [-0.1, -0.05) is 48.5 Å². The monoisotopic (exact) mass is 417 g/mol. The Balaban J connectivity index is 1.21. The van der Waals surface area contributed by atoms with Gasteiger partial charge in [0.1, 0.15) is 6.61 Å². The van der Waals surface area contributed by atoms with E-state index in [1.807, 2.05) is 24.3 Å². The molecular weight excluding hydrogens is 394 g/mol. The van der Waals surface area contributed by atoms with Crippen molar-refractivity contribution in [3.8, 4) is 11.1 Å². The zero-order valence-electron chi connectivity index (χ0n) is 17.0. The number of hydrogen-bond donors (Lipinski definition) is 2. The summed E-state index contributed by atoms with van der Waals surface area (Å²) in [5, 5.41) is 15.7. The largest absolute Gasteiger partial charge is 0.476 e. The lowest BCUT2D eigenvalue weighted by atomic mass is 9.93. The van der Waals surface area contributed by atoms with Crippen molar-refractivity contribution in [3.63, 3.8) is 0 Å². The summed E-state index contributed by atoms with van der Waals surface area (Å²) in [6, 6.07) is 18.1. The first-order chi connectivity index (χ1) is 15.1. The highest BCUT2D eigenvalue weighted by molar-refractivity contribution is 5.85. The highest BCUT2D eigenvalue weighted by Gasteiger charge is 2.31. The molecule has 2 aromatic carbocycles. The normalized spacial score (nSPS) is 16.1. The number of rotatable bonds is 4. The Morgan fingerprint density at radius 2 is 1.65 bits per heavy atom. The van der Waals surface area contributed by atoms with Gasteiger partial charge in [-0.2, -0.15) is 5.10 Å². The number of aromatic carboxylic acids is 1. The SMILES string of the molecule is O=C(O)c1cc(C2CCN(C(=O)OCC3c4ccccc4-c4ccccc43)CC2)[nH]n1. The number of hydrogen-bond acceptors (Lipinski definition) is 4. The number of piperidine rings is 1. The van der Waals surface area contributed by atoms with Crippen molar-refractivity contribution in [1.29, 1.82) is 0 Å². The van der Waals surface area contributed by atoms with E-state index in [9.17, 15) is 9.59 Å². The summed E-state index contributed by atoms with van der Waals surface area (Å²) in [6.45, 7) is 1.46. The number of carbonyl (C=O) groups excluding carboxylic acids is 1. The number of nitrogens with zero attached hydrogens (tertiary/aromatic N) is 2. The molecule has 158 valence electrons. The number of likely N-dealkylation sites (tertiary alicyclic amines) is 1. The Labute approximate surface area is 179 Å². The quantitative estimate of drug-likeness (QED) is 0.662. The summed E-state index contributed by atoms with van der Waals surface area (Å²) in [6.07, 6.45) is 1.19. The van der Waals surface area contributed by atoms with Crippen LogP contribution in [0.3, 0.4) is 0 Å². The topological polar surface area (TPSA) is 95.5 Å². The molecule has 0 unspecified atom stereocenters. The van der Waals surface area contributed by atoms with Gasteiger partial charge in [0.25, 0.3) is 0 Å². The van der Waals surface area contributed by atoms with Crippen molar-refractivity contribution < 1.29 is 19.4 Å². The molecule has 1 aromatic heterocycles. The third kappa shape index (κ3) is 3.56. The third-order valence-electron chi connectivity index (χ3n) is 6.35. The number of nitrogens with one attached hydrogen (secondary N) is 1. The fourth-order valence-corrected chi connectivity index (χ4v) is 4.71. The van der Waals surface area contributed by atoms with Crippen LogP contribution >= 0.6 is 0 Å². The molecule has 1 aliphatic heterocycles. The van der Waals surface area contributed by atoms with Crippen LogP contribution in [0.4, 0.5) is 4.79 Å². The number of carbonyl (C=O) groups is 2. The Morgan fingerprint density at radius 1 is 1.03 bits per heavy atom. The second-order valence-electron chi connectivity index (χ2n) is 8.08. The smallest absolute Gasteiger partial charge is 0.409 e. The van der Waals surface area contributed by atoms with Crippen LogP contribution < -0.4 is 0 Å². The van der Waals surface area contributed by atoms with Gasteiger partial charge in [-0.25, -0.2) is 9.59 Å². The van der Waals surface area contributed by atoms with Gasteiger partial charge in [0.15, 0.2) is 5.69 Å². The molecule has 31 heavy (non-hydrogen) atoms. The van der Waals surface area contributed by atoms with Crippen molar-refractivity contribution in [3.05, 3.63) is 77.1 Å². The van der Waals surface area contributed by atoms with Gasteiger partial charge in [-0.3, -0.25) is 5.10 Å². The molecule has 1 aliphatic carbocycles. The first kappa shape index (κ1) is 19.4. The van der Waals surface area contributed by atoms with E-state index in [0.717, 1.165) is 18.5 Å². The Hall–Kier alpha value is -3.61. The van der Waals surface area contributed by atoms with E-state index < -0.39 is 5.97 Å². The van der Waals surface area contributed by atoms with Gasteiger partial charge >= 0.3 is 12.1 Å². The molecule has 1 saturated heterocycles. The zero-order chi connectivity index (χ0) is 21.4. The van der Waals surface area contributed by atoms with Crippen molar-refractivity contribution in [2.24, 2.45) is 0 Å². The number of H-pyrrole nitrogens is 1. The first-order valence-corrected chi connectivity index (χ1v) is 10.5. The van der Waals surface area contributed by atoms with Gasteiger partial charge in [-0.15, -0.1) is 0 Å².